The van der Waals surface area contributed by atoms with Gasteiger partial charge in [0.15, 0.2) is 17.3 Å². The number of benzene rings is 1. The molecule has 0 aromatic heterocycles. The number of carbonyl (C=O) groups is 1. The number of hydrogen-bond donors (Lipinski definition) is 0. The molecule has 1 saturated carbocycles. The van der Waals surface area contributed by atoms with Crippen molar-refractivity contribution in [1.82, 2.24) is 4.90 Å². The predicted molar refractivity (Wildman–Crippen MR) is 80.5 cm³/mol. The maximum atomic E-state index is 12.1. The Morgan fingerprint density at radius 1 is 1.27 bits per heavy atom. The van der Waals surface area contributed by atoms with Crippen LogP contribution >= 0.6 is 0 Å². The van der Waals surface area contributed by atoms with Crippen LogP contribution in [0.3, 0.4) is 0 Å². The van der Waals surface area contributed by atoms with E-state index in [1.54, 1.807) is 14.2 Å². The van der Waals surface area contributed by atoms with Gasteiger partial charge in [0, 0.05) is 17.9 Å². The van der Waals surface area contributed by atoms with Crippen molar-refractivity contribution in [2.45, 2.75) is 36.5 Å². The summed E-state index contributed by atoms with van der Waals surface area (Å²) < 4.78 is 16.6. The van der Waals surface area contributed by atoms with Gasteiger partial charge in [-0.3, -0.25) is 4.79 Å². The van der Waals surface area contributed by atoms with Crippen LogP contribution in [0.1, 0.15) is 18.4 Å². The van der Waals surface area contributed by atoms with Gasteiger partial charge in [0.1, 0.15) is 12.2 Å². The summed E-state index contributed by atoms with van der Waals surface area (Å²) >= 11 is 0. The van der Waals surface area contributed by atoms with Crippen LogP contribution in [0.4, 0.5) is 0 Å². The number of rotatable bonds is 3. The summed E-state index contributed by atoms with van der Waals surface area (Å²) in [6.07, 6.45) is 1.40. The molecule has 3 aliphatic rings. The SMILES string of the molecule is COc1ccc([C@@]23CCN(C)[C@@H]2CC(=O)[C@@H]2O[C@@H]23)cc1OC. The molecule has 3 fully saturated rings. The third-order valence-electron chi connectivity index (χ3n) is 5.64. The number of ether oxygens (including phenoxy) is 3. The van der Waals surface area contributed by atoms with Crippen molar-refractivity contribution >= 4 is 5.78 Å². The van der Waals surface area contributed by atoms with Crippen molar-refractivity contribution in [2.75, 3.05) is 27.8 Å². The van der Waals surface area contributed by atoms with Crippen molar-refractivity contribution in [3.63, 3.8) is 0 Å². The van der Waals surface area contributed by atoms with Gasteiger partial charge in [0.05, 0.1) is 14.2 Å². The molecule has 0 unspecified atom stereocenters. The third kappa shape index (κ3) is 1.69. The van der Waals surface area contributed by atoms with Crippen molar-refractivity contribution in [1.29, 1.82) is 0 Å². The van der Waals surface area contributed by atoms with E-state index in [0.717, 1.165) is 24.5 Å². The molecule has 22 heavy (non-hydrogen) atoms. The van der Waals surface area contributed by atoms with Crippen LogP contribution < -0.4 is 9.47 Å². The van der Waals surface area contributed by atoms with Gasteiger partial charge in [-0.1, -0.05) is 6.07 Å². The topological polar surface area (TPSA) is 51.3 Å². The van der Waals surface area contributed by atoms with Gasteiger partial charge in [-0.05, 0) is 37.7 Å². The first-order valence-corrected chi connectivity index (χ1v) is 7.72. The molecule has 118 valence electrons. The highest BCUT2D eigenvalue weighted by Crippen LogP contribution is 2.56. The Balaban J connectivity index is 1.81. The number of nitrogens with zero attached hydrogens (tertiary/aromatic N) is 1. The molecule has 1 aliphatic carbocycles. The van der Waals surface area contributed by atoms with Gasteiger partial charge in [0.2, 0.25) is 0 Å². The molecule has 1 aromatic carbocycles. The summed E-state index contributed by atoms with van der Waals surface area (Å²) in [6.45, 7) is 0.985. The lowest BCUT2D eigenvalue weighted by molar-refractivity contribution is -0.122. The van der Waals surface area contributed by atoms with Gasteiger partial charge < -0.3 is 19.1 Å². The fraction of sp³-hybridized carbons (Fsp3) is 0.588. The van der Waals surface area contributed by atoms with Gasteiger partial charge in [-0.2, -0.15) is 0 Å². The number of carbonyl (C=O) groups excluding carboxylic acids is 1. The van der Waals surface area contributed by atoms with E-state index in [-0.39, 0.29) is 29.4 Å². The van der Waals surface area contributed by atoms with Gasteiger partial charge in [-0.25, -0.2) is 0 Å². The van der Waals surface area contributed by atoms with E-state index < -0.39 is 0 Å². The van der Waals surface area contributed by atoms with E-state index in [0.29, 0.717) is 6.42 Å². The zero-order valence-electron chi connectivity index (χ0n) is 13.2. The lowest BCUT2D eigenvalue weighted by Gasteiger charge is -2.39. The number of epoxide rings is 1. The Morgan fingerprint density at radius 2 is 2.05 bits per heavy atom. The molecule has 0 radical (unpaired) electrons. The zero-order chi connectivity index (χ0) is 15.5. The molecule has 4 atom stereocenters. The minimum absolute atomic E-state index is 0.0156. The minimum Gasteiger partial charge on any atom is -0.493 e. The number of Topliss-reactive ketones (excluding diaryl/α,β-unsaturated/α-hetero) is 1. The summed E-state index contributed by atoms with van der Waals surface area (Å²) in [5, 5.41) is 0. The molecule has 0 spiro atoms. The summed E-state index contributed by atoms with van der Waals surface area (Å²) in [5.74, 6) is 1.71. The van der Waals surface area contributed by atoms with Crippen molar-refractivity contribution in [2.24, 2.45) is 0 Å². The van der Waals surface area contributed by atoms with Crippen LogP contribution in [0.2, 0.25) is 0 Å². The van der Waals surface area contributed by atoms with Crippen LogP contribution in [0.25, 0.3) is 0 Å². The quantitative estimate of drug-likeness (QED) is 0.790. The Morgan fingerprint density at radius 3 is 2.77 bits per heavy atom. The summed E-state index contributed by atoms with van der Waals surface area (Å²) in [4.78, 5) is 14.4. The number of ketones is 1. The molecule has 2 aliphatic heterocycles. The maximum absolute atomic E-state index is 12.1. The predicted octanol–water partition coefficient (Wildman–Crippen LogP) is 1.39. The second-order valence-corrected chi connectivity index (χ2v) is 6.50. The van der Waals surface area contributed by atoms with Crippen LogP contribution in [0, 0.1) is 0 Å². The third-order valence-corrected chi connectivity index (χ3v) is 5.64. The number of likely N-dealkylation sites (N-methyl/N-ethyl adjacent to an activating group) is 1. The van der Waals surface area contributed by atoms with Crippen LogP contribution in [0.5, 0.6) is 11.5 Å². The smallest absolute Gasteiger partial charge is 0.165 e. The maximum Gasteiger partial charge on any atom is 0.165 e. The van der Waals surface area contributed by atoms with E-state index in [9.17, 15) is 4.79 Å². The van der Waals surface area contributed by atoms with E-state index in [1.165, 1.54) is 5.56 Å². The minimum atomic E-state index is -0.198. The molecule has 5 heteroatoms. The lowest BCUT2D eigenvalue weighted by Crippen LogP contribution is -2.51. The van der Waals surface area contributed by atoms with Gasteiger partial charge in [0.25, 0.3) is 0 Å². The Hall–Kier alpha value is -1.59. The highest BCUT2D eigenvalue weighted by Gasteiger charge is 2.68. The molecule has 2 heterocycles. The summed E-state index contributed by atoms with van der Waals surface area (Å²) in [6, 6.07) is 6.31. The Bertz CT molecular complexity index is 631. The molecule has 4 rings (SSSR count). The molecule has 1 aromatic rings. The van der Waals surface area contributed by atoms with E-state index in [4.69, 9.17) is 14.2 Å². The first kappa shape index (κ1) is 14.0. The van der Waals surface area contributed by atoms with E-state index in [2.05, 4.69) is 24.1 Å². The highest BCUT2D eigenvalue weighted by molar-refractivity contribution is 5.89. The van der Waals surface area contributed by atoms with Gasteiger partial charge in [-0.15, -0.1) is 0 Å². The van der Waals surface area contributed by atoms with Crippen molar-refractivity contribution < 1.29 is 19.0 Å². The average Bonchev–Trinajstić information content (AvgIpc) is 3.29. The Labute approximate surface area is 130 Å². The number of likely N-dealkylation sites (tertiary alicyclic amines) is 1. The molecular weight excluding hydrogens is 282 g/mol. The van der Waals surface area contributed by atoms with Crippen LogP contribution in [-0.4, -0.2) is 56.7 Å². The lowest BCUT2D eigenvalue weighted by atomic mass is 9.65. The molecule has 0 amide bonds. The second-order valence-electron chi connectivity index (χ2n) is 6.50. The summed E-state index contributed by atoms with van der Waals surface area (Å²) in [7, 11) is 5.39. The summed E-state index contributed by atoms with van der Waals surface area (Å²) in [5.41, 5.74) is 1.09. The normalized spacial score (nSPS) is 36.7. The average molecular weight is 303 g/mol. The molecule has 2 saturated heterocycles. The van der Waals surface area contributed by atoms with Crippen LogP contribution in [0.15, 0.2) is 18.2 Å². The standard InChI is InChI=1S/C17H21NO4/c1-18-7-6-17(14(18)9-11(19)15-16(17)22-15)10-4-5-12(20-2)13(8-10)21-3/h4-5,8,14-16H,6-7,9H2,1-3H3/t14-,15+,16+,17+/m1/s1. The largest absolute Gasteiger partial charge is 0.493 e. The molecule has 5 nitrogen and oxygen atoms in total. The van der Waals surface area contributed by atoms with Gasteiger partial charge >= 0.3 is 0 Å². The zero-order valence-corrected chi connectivity index (χ0v) is 13.2. The van der Waals surface area contributed by atoms with Crippen molar-refractivity contribution in [3.8, 4) is 11.5 Å². The van der Waals surface area contributed by atoms with Crippen molar-refractivity contribution in [3.05, 3.63) is 23.8 Å². The first-order chi connectivity index (χ1) is 10.6. The first-order valence-electron chi connectivity index (χ1n) is 7.72. The molecular formula is C17H21NO4. The number of methoxy groups -OCH3 is 2. The Kier molecular flexibility index (Phi) is 3.00. The molecule has 0 N–H and O–H groups in total. The number of hydrogen-bond acceptors (Lipinski definition) is 5. The molecule has 0 bridgehead atoms. The fourth-order valence-electron chi connectivity index (χ4n) is 4.43. The fourth-order valence-corrected chi connectivity index (χ4v) is 4.43. The number of fused-ring (bicyclic) bond motifs is 3. The van der Waals surface area contributed by atoms with Crippen LogP contribution in [-0.2, 0) is 14.9 Å². The second kappa shape index (κ2) is 4.70. The monoisotopic (exact) mass is 303 g/mol. The van der Waals surface area contributed by atoms with E-state index in [1.807, 2.05) is 6.07 Å². The highest BCUT2D eigenvalue weighted by atomic mass is 16.6. The van der Waals surface area contributed by atoms with E-state index >= 15 is 0 Å².